The SMILES string of the molecule is Cc1noc2nc(C(C)C)cc(C(=O)N(Cc3cccc(Cl)c3)C(C)C)c12. The summed E-state index contributed by atoms with van der Waals surface area (Å²) in [5.74, 6) is 0.109. The Morgan fingerprint density at radius 1 is 1.22 bits per heavy atom. The summed E-state index contributed by atoms with van der Waals surface area (Å²) >= 11 is 6.11. The first-order valence-corrected chi connectivity index (χ1v) is 9.48. The molecule has 6 heteroatoms. The maximum Gasteiger partial charge on any atom is 0.259 e. The molecule has 0 atom stereocenters. The van der Waals surface area contributed by atoms with Crippen molar-refractivity contribution >= 4 is 28.6 Å². The molecule has 0 N–H and O–H groups in total. The number of nitrogens with zero attached hydrogens (tertiary/aromatic N) is 3. The lowest BCUT2D eigenvalue weighted by molar-refractivity contribution is 0.0692. The second-order valence-electron chi connectivity index (χ2n) is 7.35. The van der Waals surface area contributed by atoms with Gasteiger partial charge in [-0.25, -0.2) is 4.98 Å². The molecule has 0 bridgehead atoms. The van der Waals surface area contributed by atoms with Gasteiger partial charge in [-0.05, 0) is 50.5 Å². The van der Waals surface area contributed by atoms with E-state index in [1.165, 1.54) is 0 Å². The Labute approximate surface area is 164 Å². The fourth-order valence-corrected chi connectivity index (χ4v) is 3.27. The molecule has 2 aromatic heterocycles. The molecule has 3 rings (SSSR count). The van der Waals surface area contributed by atoms with Crippen LogP contribution in [0, 0.1) is 6.92 Å². The predicted octanol–water partition coefficient (Wildman–Crippen LogP) is 5.36. The highest BCUT2D eigenvalue weighted by Gasteiger charge is 2.25. The molecule has 0 aliphatic carbocycles. The maximum atomic E-state index is 13.5. The van der Waals surface area contributed by atoms with Crippen LogP contribution in [0.4, 0.5) is 0 Å². The molecule has 1 amide bonds. The van der Waals surface area contributed by atoms with Gasteiger partial charge in [0, 0.05) is 23.3 Å². The van der Waals surface area contributed by atoms with Crippen molar-refractivity contribution in [3.8, 4) is 0 Å². The van der Waals surface area contributed by atoms with E-state index in [2.05, 4.69) is 10.1 Å². The van der Waals surface area contributed by atoms with Crippen LogP contribution in [0.3, 0.4) is 0 Å². The number of aromatic nitrogens is 2. The second-order valence-corrected chi connectivity index (χ2v) is 7.79. The molecule has 0 saturated heterocycles. The van der Waals surface area contributed by atoms with Gasteiger partial charge in [-0.15, -0.1) is 0 Å². The summed E-state index contributed by atoms with van der Waals surface area (Å²) in [7, 11) is 0. The summed E-state index contributed by atoms with van der Waals surface area (Å²) in [6.45, 7) is 10.4. The Hall–Kier alpha value is -2.40. The monoisotopic (exact) mass is 385 g/mol. The number of rotatable bonds is 5. The van der Waals surface area contributed by atoms with Gasteiger partial charge in [-0.2, -0.15) is 0 Å². The number of benzene rings is 1. The first-order valence-electron chi connectivity index (χ1n) is 9.10. The van der Waals surface area contributed by atoms with Crippen LogP contribution < -0.4 is 0 Å². The maximum absolute atomic E-state index is 13.5. The number of hydrogen-bond donors (Lipinski definition) is 0. The topological polar surface area (TPSA) is 59.2 Å². The fourth-order valence-electron chi connectivity index (χ4n) is 3.05. The third kappa shape index (κ3) is 3.98. The molecule has 0 radical (unpaired) electrons. The van der Waals surface area contributed by atoms with Crippen molar-refractivity contribution in [2.45, 2.75) is 53.1 Å². The highest BCUT2D eigenvalue weighted by Crippen LogP contribution is 2.27. The van der Waals surface area contributed by atoms with Gasteiger partial charge in [-0.3, -0.25) is 4.79 Å². The van der Waals surface area contributed by atoms with Crippen LogP contribution in [0.1, 0.15) is 60.9 Å². The summed E-state index contributed by atoms with van der Waals surface area (Å²) in [6.07, 6.45) is 0. The largest absolute Gasteiger partial charge is 0.336 e. The standard InChI is InChI=1S/C21H24ClN3O2/c1-12(2)18-10-17(19-14(5)24-27-20(19)23-18)21(26)25(13(3)4)11-15-7-6-8-16(22)9-15/h6-10,12-13H,11H2,1-5H3. The predicted molar refractivity (Wildman–Crippen MR) is 107 cm³/mol. The van der Waals surface area contributed by atoms with E-state index in [0.717, 1.165) is 11.3 Å². The van der Waals surface area contributed by atoms with Crippen molar-refractivity contribution in [2.24, 2.45) is 0 Å². The van der Waals surface area contributed by atoms with Crippen molar-refractivity contribution in [1.29, 1.82) is 0 Å². The van der Waals surface area contributed by atoms with E-state index in [0.29, 0.717) is 33.9 Å². The van der Waals surface area contributed by atoms with Crippen LogP contribution in [0.15, 0.2) is 34.9 Å². The fraction of sp³-hybridized carbons (Fsp3) is 0.381. The quantitative estimate of drug-likeness (QED) is 0.593. The molecule has 0 aliphatic heterocycles. The van der Waals surface area contributed by atoms with Gasteiger partial charge < -0.3 is 9.42 Å². The molecule has 0 unspecified atom stereocenters. The molecule has 3 aromatic rings. The van der Waals surface area contributed by atoms with Crippen molar-refractivity contribution in [2.75, 3.05) is 0 Å². The third-order valence-electron chi connectivity index (χ3n) is 4.59. The van der Waals surface area contributed by atoms with Gasteiger partial charge in [0.05, 0.1) is 16.6 Å². The van der Waals surface area contributed by atoms with Gasteiger partial charge in [0.15, 0.2) is 0 Å². The molecular formula is C21H24ClN3O2. The highest BCUT2D eigenvalue weighted by atomic mass is 35.5. The zero-order chi connectivity index (χ0) is 19.7. The number of carbonyl (C=O) groups is 1. The molecular weight excluding hydrogens is 362 g/mol. The molecule has 1 aromatic carbocycles. The summed E-state index contributed by atoms with van der Waals surface area (Å²) in [6, 6.07) is 9.47. The lowest BCUT2D eigenvalue weighted by Gasteiger charge is -2.27. The van der Waals surface area contributed by atoms with Crippen LogP contribution in [0.5, 0.6) is 0 Å². The van der Waals surface area contributed by atoms with Crippen LogP contribution >= 0.6 is 11.6 Å². The van der Waals surface area contributed by atoms with Crippen LogP contribution in [0.25, 0.3) is 11.1 Å². The average molecular weight is 386 g/mol. The summed E-state index contributed by atoms with van der Waals surface area (Å²) in [4.78, 5) is 19.9. The number of pyridine rings is 1. The molecule has 0 fully saturated rings. The minimum Gasteiger partial charge on any atom is -0.336 e. The zero-order valence-electron chi connectivity index (χ0n) is 16.3. The highest BCUT2D eigenvalue weighted by molar-refractivity contribution is 6.30. The third-order valence-corrected chi connectivity index (χ3v) is 4.82. The molecule has 5 nitrogen and oxygen atoms in total. The Morgan fingerprint density at radius 3 is 2.59 bits per heavy atom. The van der Waals surface area contributed by atoms with E-state index in [9.17, 15) is 4.79 Å². The number of amides is 1. The van der Waals surface area contributed by atoms with E-state index in [-0.39, 0.29) is 17.9 Å². The summed E-state index contributed by atoms with van der Waals surface area (Å²) in [5, 5.41) is 5.35. The summed E-state index contributed by atoms with van der Waals surface area (Å²) < 4.78 is 5.36. The minimum absolute atomic E-state index is 0.0161. The van der Waals surface area contributed by atoms with Crippen LogP contribution in [0.2, 0.25) is 5.02 Å². The second kappa shape index (κ2) is 7.69. The molecule has 27 heavy (non-hydrogen) atoms. The zero-order valence-corrected chi connectivity index (χ0v) is 17.0. The minimum atomic E-state index is -0.0643. The van der Waals surface area contributed by atoms with Gasteiger partial charge in [0.2, 0.25) is 0 Å². The Bertz CT molecular complexity index is 979. The molecule has 0 saturated carbocycles. The normalized spacial score (nSPS) is 11.6. The van der Waals surface area contributed by atoms with E-state index in [1.54, 1.807) is 0 Å². The first kappa shape index (κ1) is 19.4. The Morgan fingerprint density at radius 2 is 1.96 bits per heavy atom. The van der Waals surface area contributed by atoms with Crippen molar-refractivity contribution in [3.05, 3.63) is 57.9 Å². The number of fused-ring (bicyclic) bond motifs is 1. The Balaban J connectivity index is 2.07. The van der Waals surface area contributed by atoms with E-state index in [4.69, 9.17) is 16.1 Å². The smallest absolute Gasteiger partial charge is 0.259 e. The van der Waals surface area contributed by atoms with Crippen LogP contribution in [-0.2, 0) is 6.54 Å². The van der Waals surface area contributed by atoms with Crippen molar-refractivity contribution in [1.82, 2.24) is 15.0 Å². The van der Waals surface area contributed by atoms with Gasteiger partial charge >= 0.3 is 0 Å². The Kier molecular flexibility index (Phi) is 5.51. The molecule has 2 heterocycles. The van der Waals surface area contributed by atoms with Crippen LogP contribution in [-0.4, -0.2) is 27.0 Å². The molecule has 0 spiro atoms. The average Bonchev–Trinajstić information content (AvgIpc) is 2.99. The number of hydrogen-bond acceptors (Lipinski definition) is 4. The first-order chi connectivity index (χ1) is 12.8. The van der Waals surface area contributed by atoms with Gasteiger partial charge in [0.1, 0.15) is 0 Å². The number of halogens is 1. The van der Waals surface area contributed by atoms with Gasteiger partial charge in [0.25, 0.3) is 11.6 Å². The number of aryl methyl sites for hydroxylation is 1. The number of carbonyl (C=O) groups excluding carboxylic acids is 1. The van der Waals surface area contributed by atoms with Crippen molar-refractivity contribution in [3.63, 3.8) is 0 Å². The van der Waals surface area contributed by atoms with E-state index in [1.807, 2.05) is 69.9 Å². The van der Waals surface area contributed by atoms with Crippen molar-refractivity contribution < 1.29 is 9.32 Å². The lowest BCUT2D eigenvalue weighted by atomic mass is 10.0. The molecule has 142 valence electrons. The van der Waals surface area contributed by atoms with E-state index < -0.39 is 0 Å². The van der Waals surface area contributed by atoms with E-state index >= 15 is 0 Å². The molecule has 0 aliphatic rings. The summed E-state index contributed by atoms with van der Waals surface area (Å²) in [5.41, 5.74) is 3.46. The lowest BCUT2D eigenvalue weighted by Crippen LogP contribution is -2.36. The van der Waals surface area contributed by atoms with Gasteiger partial charge in [-0.1, -0.05) is 42.7 Å².